The number of aryl methyl sites for hydroxylation is 1. The van der Waals surface area contributed by atoms with Crippen molar-refractivity contribution in [2.75, 3.05) is 20.2 Å². The fraction of sp³-hybridized carbons (Fsp3) is 0.353. The Morgan fingerprint density at radius 3 is 2.48 bits per heavy atom. The molecule has 120 valence electrons. The Labute approximate surface area is 135 Å². The quantitative estimate of drug-likeness (QED) is 0.844. The van der Waals surface area contributed by atoms with Crippen molar-refractivity contribution < 1.29 is 14.3 Å². The number of para-hydroxylation sites is 2. The predicted octanol–water partition coefficient (Wildman–Crippen LogP) is 1.95. The molecule has 23 heavy (non-hydrogen) atoms. The van der Waals surface area contributed by atoms with Crippen molar-refractivity contribution in [1.29, 1.82) is 0 Å². The van der Waals surface area contributed by atoms with Gasteiger partial charge in [0.2, 0.25) is 0 Å². The molecule has 1 amide bonds. The number of hydrogen-bond donors (Lipinski definition) is 0. The lowest BCUT2D eigenvalue weighted by molar-refractivity contribution is 0.0168. The second-order valence-corrected chi connectivity index (χ2v) is 5.34. The highest BCUT2D eigenvalue weighted by Crippen LogP contribution is 2.28. The first kappa shape index (κ1) is 15.3. The summed E-state index contributed by atoms with van der Waals surface area (Å²) in [4.78, 5) is 22.4. The smallest absolute Gasteiger partial charge is 0.257 e. The van der Waals surface area contributed by atoms with Crippen molar-refractivity contribution in [2.24, 2.45) is 0 Å². The molecule has 3 rings (SSSR count). The van der Waals surface area contributed by atoms with Crippen LogP contribution in [0, 0.1) is 0 Å². The van der Waals surface area contributed by atoms with E-state index in [0.717, 1.165) is 12.2 Å². The van der Waals surface area contributed by atoms with E-state index in [0.29, 0.717) is 30.2 Å². The van der Waals surface area contributed by atoms with Crippen LogP contribution in [0.1, 0.15) is 23.1 Å². The van der Waals surface area contributed by atoms with E-state index in [4.69, 9.17) is 9.47 Å². The van der Waals surface area contributed by atoms with E-state index >= 15 is 0 Å². The topological polar surface area (TPSA) is 64.6 Å². The van der Waals surface area contributed by atoms with Gasteiger partial charge in [-0.15, -0.1) is 0 Å². The summed E-state index contributed by atoms with van der Waals surface area (Å²) >= 11 is 0. The molecule has 0 spiro atoms. The third-order valence-corrected chi connectivity index (χ3v) is 3.77. The van der Waals surface area contributed by atoms with Crippen LogP contribution in [0.15, 0.2) is 36.7 Å². The van der Waals surface area contributed by atoms with Crippen LogP contribution in [0.2, 0.25) is 0 Å². The van der Waals surface area contributed by atoms with E-state index in [1.54, 1.807) is 24.4 Å². The van der Waals surface area contributed by atoms with Crippen LogP contribution < -0.4 is 9.47 Å². The highest BCUT2D eigenvalue weighted by atomic mass is 16.5. The second-order valence-electron chi connectivity index (χ2n) is 5.34. The maximum atomic E-state index is 12.3. The van der Waals surface area contributed by atoms with Gasteiger partial charge in [-0.25, -0.2) is 9.97 Å². The van der Waals surface area contributed by atoms with E-state index in [1.165, 1.54) is 0 Å². The molecule has 1 aromatic heterocycles. The summed E-state index contributed by atoms with van der Waals surface area (Å²) < 4.78 is 11.1. The lowest BCUT2D eigenvalue weighted by Crippen LogP contribution is -2.56. The Bertz CT molecular complexity index is 682. The molecule has 6 nitrogen and oxygen atoms in total. The zero-order valence-corrected chi connectivity index (χ0v) is 13.2. The van der Waals surface area contributed by atoms with Crippen molar-refractivity contribution in [2.45, 2.75) is 19.4 Å². The molecule has 6 heteroatoms. The normalized spacial score (nSPS) is 14.3. The van der Waals surface area contributed by atoms with Gasteiger partial charge in [0.1, 0.15) is 11.9 Å². The molecule has 0 radical (unpaired) electrons. The van der Waals surface area contributed by atoms with E-state index in [1.807, 2.05) is 31.2 Å². The minimum absolute atomic E-state index is 0.0221. The van der Waals surface area contributed by atoms with Crippen molar-refractivity contribution in [1.82, 2.24) is 14.9 Å². The minimum atomic E-state index is -0.0625. The summed E-state index contributed by atoms with van der Waals surface area (Å²) in [6.45, 7) is 3.07. The Morgan fingerprint density at radius 1 is 1.22 bits per heavy atom. The van der Waals surface area contributed by atoms with Crippen LogP contribution in [0.3, 0.4) is 0 Å². The van der Waals surface area contributed by atoms with Crippen LogP contribution in [-0.2, 0) is 6.42 Å². The van der Waals surface area contributed by atoms with Gasteiger partial charge in [0.05, 0.1) is 25.8 Å². The maximum absolute atomic E-state index is 12.3. The fourth-order valence-corrected chi connectivity index (χ4v) is 2.40. The van der Waals surface area contributed by atoms with Crippen molar-refractivity contribution in [3.05, 3.63) is 48.0 Å². The lowest BCUT2D eigenvalue weighted by Gasteiger charge is -2.39. The molecule has 2 heterocycles. The lowest BCUT2D eigenvalue weighted by atomic mass is 10.1. The number of amides is 1. The molecule has 0 atom stereocenters. The van der Waals surface area contributed by atoms with Crippen LogP contribution in [0.25, 0.3) is 0 Å². The molecular formula is C17H19N3O3. The number of likely N-dealkylation sites (tertiary alicyclic amines) is 1. The van der Waals surface area contributed by atoms with Crippen molar-refractivity contribution in [3.63, 3.8) is 0 Å². The largest absolute Gasteiger partial charge is 0.493 e. The van der Waals surface area contributed by atoms with E-state index in [-0.39, 0.29) is 12.0 Å². The van der Waals surface area contributed by atoms with Gasteiger partial charge in [0, 0.05) is 18.8 Å². The first-order valence-corrected chi connectivity index (χ1v) is 7.61. The molecule has 1 aliphatic rings. The molecule has 0 saturated carbocycles. The zero-order valence-electron chi connectivity index (χ0n) is 13.2. The summed E-state index contributed by atoms with van der Waals surface area (Å²) in [6.07, 6.45) is 3.91. The molecule has 2 aromatic rings. The molecule has 1 aliphatic heterocycles. The van der Waals surface area contributed by atoms with Gasteiger partial charge in [-0.3, -0.25) is 4.79 Å². The van der Waals surface area contributed by atoms with Gasteiger partial charge in [-0.2, -0.15) is 0 Å². The average molecular weight is 313 g/mol. The number of carbonyl (C=O) groups is 1. The number of benzene rings is 1. The Morgan fingerprint density at radius 2 is 1.87 bits per heavy atom. The molecule has 0 N–H and O–H groups in total. The Balaban J connectivity index is 1.57. The van der Waals surface area contributed by atoms with Crippen LogP contribution in [0.5, 0.6) is 11.5 Å². The Hall–Kier alpha value is -2.63. The van der Waals surface area contributed by atoms with Gasteiger partial charge in [-0.05, 0) is 12.1 Å². The van der Waals surface area contributed by atoms with Crippen LogP contribution in [-0.4, -0.2) is 47.1 Å². The summed E-state index contributed by atoms with van der Waals surface area (Å²) in [5, 5.41) is 0. The zero-order chi connectivity index (χ0) is 16.2. The number of methoxy groups -OCH3 is 1. The first-order valence-electron chi connectivity index (χ1n) is 7.61. The van der Waals surface area contributed by atoms with Gasteiger partial charge in [0.25, 0.3) is 5.91 Å². The Kier molecular flexibility index (Phi) is 4.41. The third kappa shape index (κ3) is 3.26. The molecule has 0 aliphatic carbocycles. The highest BCUT2D eigenvalue weighted by Gasteiger charge is 2.33. The second kappa shape index (κ2) is 6.64. The van der Waals surface area contributed by atoms with Gasteiger partial charge in [-0.1, -0.05) is 19.1 Å². The van der Waals surface area contributed by atoms with E-state index in [2.05, 4.69) is 9.97 Å². The van der Waals surface area contributed by atoms with E-state index < -0.39 is 0 Å². The molecule has 1 aromatic carbocycles. The number of carbonyl (C=O) groups excluding carboxylic acids is 1. The number of rotatable bonds is 5. The molecule has 1 saturated heterocycles. The SMILES string of the molecule is CCc1ncc(C(=O)N2CC(Oc3ccccc3OC)C2)cn1. The molecular weight excluding hydrogens is 294 g/mol. The standard InChI is InChI=1S/C17H19N3O3/c1-3-16-18-8-12(9-19-16)17(21)20-10-13(11-20)23-15-7-5-4-6-14(15)22-2/h4-9,13H,3,10-11H2,1-2H3. The fourth-order valence-electron chi connectivity index (χ4n) is 2.40. The molecule has 0 bridgehead atoms. The minimum Gasteiger partial charge on any atom is -0.493 e. The number of nitrogens with zero attached hydrogens (tertiary/aromatic N) is 3. The van der Waals surface area contributed by atoms with Crippen LogP contribution >= 0.6 is 0 Å². The third-order valence-electron chi connectivity index (χ3n) is 3.77. The van der Waals surface area contributed by atoms with Gasteiger partial charge < -0.3 is 14.4 Å². The highest BCUT2D eigenvalue weighted by molar-refractivity contribution is 5.94. The number of hydrogen-bond acceptors (Lipinski definition) is 5. The monoisotopic (exact) mass is 313 g/mol. The van der Waals surface area contributed by atoms with E-state index in [9.17, 15) is 4.79 Å². The number of aromatic nitrogens is 2. The summed E-state index contributed by atoms with van der Waals surface area (Å²) in [6, 6.07) is 7.50. The first-order chi connectivity index (χ1) is 11.2. The molecule has 1 fully saturated rings. The average Bonchev–Trinajstić information content (AvgIpc) is 2.57. The number of ether oxygens (including phenoxy) is 2. The molecule has 0 unspecified atom stereocenters. The summed E-state index contributed by atoms with van der Waals surface area (Å²) in [5.41, 5.74) is 0.512. The van der Waals surface area contributed by atoms with Crippen molar-refractivity contribution >= 4 is 5.91 Å². The van der Waals surface area contributed by atoms with Crippen LogP contribution in [0.4, 0.5) is 0 Å². The van der Waals surface area contributed by atoms with Gasteiger partial charge in [0.15, 0.2) is 11.5 Å². The summed E-state index contributed by atoms with van der Waals surface area (Å²) in [7, 11) is 1.61. The maximum Gasteiger partial charge on any atom is 0.257 e. The summed E-state index contributed by atoms with van der Waals surface area (Å²) in [5.74, 6) is 2.07. The van der Waals surface area contributed by atoms with Crippen molar-refractivity contribution in [3.8, 4) is 11.5 Å². The van der Waals surface area contributed by atoms with Gasteiger partial charge >= 0.3 is 0 Å². The predicted molar refractivity (Wildman–Crippen MR) is 84.7 cm³/mol.